The van der Waals surface area contributed by atoms with Crippen LogP contribution in [-0.2, 0) is 0 Å². The molecule has 3 heteroatoms. The summed E-state index contributed by atoms with van der Waals surface area (Å²) >= 11 is 0. The Hall–Kier alpha value is 0.180. The van der Waals surface area contributed by atoms with E-state index in [1.165, 1.54) is 12.8 Å². The van der Waals surface area contributed by atoms with E-state index in [0.29, 0.717) is 6.04 Å². The maximum atomic E-state index is 12.8. The number of halogens is 2. The van der Waals surface area contributed by atoms with E-state index in [0.717, 1.165) is 25.3 Å². The molecule has 2 rings (SSSR count). The van der Waals surface area contributed by atoms with Gasteiger partial charge < -0.3 is 5.32 Å². The molecule has 2 aliphatic rings. The number of piperidine rings is 1. The predicted octanol–water partition coefficient (Wildman–Crippen LogP) is 1.91. The van der Waals surface area contributed by atoms with E-state index in [2.05, 4.69) is 5.32 Å². The summed E-state index contributed by atoms with van der Waals surface area (Å²) in [5.74, 6) is 0.818. The number of hydrogen-bond acceptors (Lipinski definition) is 1. The Balaban J connectivity index is 0.000000605. The molecule has 0 aromatic carbocycles. The first-order chi connectivity index (χ1) is 4.86. The third-order valence-corrected chi connectivity index (χ3v) is 2.56. The first-order valence-corrected chi connectivity index (χ1v) is 4.24. The van der Waals surface area contributed by atoms with Gasteiger partial charge in [-0.25, -0.2) is 4.39 Å². The van der Waals surface area contributed by atoms with Crippen molar-refractivity contribution in [1.29, 1.82) is 0 Å². The summed E-state index contributed by atoms with van der Waals surface area (Å²) in [7, 11) is 0. The Kier molecular flexibility index (Phi) is 3.14. The Bertz CT molecular complexity index is 127. The Morgan fingerprint density at radius 1 is 1.18 bits per heavy atom. The highest BCUT2D eigenvalue weighted by Gasteiger charge is 2.34. The average Bonchev–Trinajstić information content (AvgIpc) is 2.68. The molecule has 1 heterocycles. The summed E-state index contributed by atoms with van der Waals surface area (Å²) < 4.78 is 12.8. The summed E-state index contributed by atoms with van der Waals surface area (Å²) in [6.07, 6.45) is 3.62. The zero-order valence-corrected chi connectivity index (χ0v) is 7.37. The van der Waals surface area contributed by atoms with Gasteiger partial charge in [0, 0.05) is 6.04 Å². The zero-order chi connectivity index (χ0) is 6.97. The van der Waals surface area contributed by atoms with Gasteiger partial charge in [-0.05, 0) is 38.1 Å². The fourth-order valence-electron chi connectivity index (χ4n) is 1.76. The van der Waals surface area contributed by atoms with Crippen molar-refractivity contribution >= 4 is 12.4 Å². The highest BCUT2D eigenvalue weighted by Crippen LogP contribution is 2.36. The third kappa shape index (κ3) is 2.31. The van der Waals surface area contributed by atoms with Gasteiger partial charge in [-0.1, -0.05) is 0 Å². The van der Waals surface area contributed by atoms with E-state index in [1.54, 1.807) is 0 Å². The quantitative estimate of drug-likeness (QED) is 0.649. The lowest BCUT2D eigenvalue weighted by molar-refractivity contribution is 0.211. The molecule has 0 bridgehead atoms. The van der Waals surface area contributed by atoms with Crippen LogP contribution in [-0.4, -0.2) is 18.8 Å². The van der Waals surface area contributed by atoms with Gasteiger partial charge in [-0.2, -0.15) is 0 Å². The number of alkyl halides is 1. The number of hydrogen-bond donors (Lipinski definition) is 1. The minimum absolute atomic E-state index is 0. The van der Waals surface area contributed by atoms with E-state index in [4.69, 9.17) is 0 Å². The third-order valence-electron chi connectivity index (χ3n) is 2.56. The molecular formula is C8H15ClFN. The number of rotatable bonds is 1. The summed E-state index contributed by atoms with van der Waals surface area (Å²) in [5.41, 5.74) is 0. The molecular weight excluding hydrogens is 165 g/mol. The van der Waals surface area contributed by atoms with Crippen molar-refractivity contribution in [2.45, 2.75) is 37.9 Å². The van der Waals surface area contributed by atoms with Crippen LogP contribution in [0.2, 0.25) is 0 Å². The van der Waals surface area contributed by atoms with Crippen LogP contribution in [0.5, 0.6) is 0 Å². The first-order valence-electron chi connectivity index (χ1n) is 4.24. The molecule has 0 aromatic heterocycles. The van der Waals surface area contributed by atoms with Crippen LogP contribution in [0.15, 0.2) is 0 Å². The van der Waals surface area contributed by atoms with Crippen molar-refractivity contribution in [3.05, 3.63) is 0 Å². The molecule has 0 amide bonds. The minimum atomic E-state index is -0.521. The van der Waals surface area contributed by atoms with Crippen LogP contribution in [0.25, 0.3) is 0 Å². The molecule has 1 aliphatic carbocycles. The fraction of sp³-hybridized carbons (Fsp3) is 1.00. The molecule has 0 radical (unpaired) electrons. The van der Waals surface area contributed by atoms with Gasteiger partial charge in [0.15, 0.2) is 0 Å². The van der Waals surface area contributed by atoms with Gasteiger partial charge >= 0.3 is 0 Å². The van der Waals surface area contributed by atoms with Gasteiger partial charge in [-0.15, -0.1) is 12.4 Å². The van der Waals surface area contributed by atoms with Crippen LogP contribution >= 0.6 is 12.4 Å². The highest BCUT2D eigenvalue weighted by molar-refractivity contribution is 5.85. The molecule has 2 fully saturated rings. The second-order valence-electron chi connectivity index (χ2n) is 3.52. The van der Waals surface area contributed by atoms with Crippen LogP contribution < -0.4 is 5.32 Å². The molecule has 2 atom stereocenters. The molecule has 1 N–H and O–H groups in total. The van der Waals surface area contributed by atoms with E-state index in [9.17, 15) is 4.39 Å². The summed E-state index contributed by atoms with van der Waals surface area (Å²) in [4.78, 5) is 0. The van der Waals surface area contributed by atoms with E-state index in [-0.39, 0.29) is 12.4 Å². The fourth-order valence-corrected chi connectivity index (χ4v) is 1.76. The van der Waals surface area contributed by atoms with Crippen LogP contribution in [0, 0.1) is 5.92 Å². The van der Waals surface area contributed by atoms with Gasteiger partial charge in [0.05, 0.1) is 0 Å². The van der Waals surface area contributed by atoms with Gasteiger partial charge in [-0.3, -0.25) is 0 Å². The molecule has 0 aromatic rings. The summed E-state index contributed by atoms with van der Waals surface area (Å²) in [5, 5.41) is 3.37. The smallest absolute Gasteiger partial charge is 0.103 e. The lowest BCUT2D eigenvalue weighted by Gasteiger charge is -2.25. The van der Waals surface area contributed by atoms with Crippen molar-refractivity contribution in [2.24, 2.45) is 5.92 Å². The molecule has 66 valence electrons. The second-order valence-corrected chi connectivity index (χ2v) is 3.52. The molecule has 1 saturated heterocycles. The highest BCUT2D eigenvalue weighted by atomic mass is 35.5. The average molecular weight is 180 g/mol. The second kappa shape index (κ2) is 3.72. The van der Waals surface area contributed by atoms with E-state index < -0.39 is 6.17 Å². The SMILES string of the molecule is Cl.FC1CCNC(C2CC2)C1. The number of nitrogens with one attached hydrogen (secondary N) is 1. The normalized spacial score (nSPS) is 37.9. The Morgan fingerprint density at radius 3 is 2.45 bits per heavy atom. The van der Waals surface area contributed by atoms with Crippen molar-refractivity contribution in [3.8, 4) is 0 Å². The monoisotopic (exact) mass is 179 g/mol. The summed E-state index contributed by atoms with van der Waals surface area (Å²) in [6.45, 7) is 0.891. The topological polar surface area (TPSA) is 12.0 Å². The lowest BCUT2D eigenvalue weighted by atomic mass is 9.99. The standard InChI is InChI=1S/C8H14FN.ClH/c9-7-3-4-10-8(5-7)6-1-2-6;/h6-8,10H,1-5H2;1H. The Morgan fingerprint density at radius 2 is 1.91 bits per heavy atom. The molecule has 1 aliphatic heterocycles. The summed E-state index contributed by atoms with van der Waals surface area (Å²) in [6, 6.07) is 0.517. The van der Waals surface area contributed by atoms with Crippen LogP contribution in [0.1, 0.15) is 25.7 Å². The van der Waals surface area contributed by atoms with Crippen molar-refractivity contribution in [1.82, 2.24) is 5.32 Å². The predicted molar refractivity (Wildman–Crippen MR) is 45.9 cm³/mol. The van der Waals surface area contributed by atoms with E-state index in [1.807, 2.05) is 0 Å². The minimum Gasteiger partial charge on any atom is -0.313 e. The van der Waals surface area contributed by atoms with E-state index >= 15 is 0 Å². The van der Waals surface area contributed by atoms with Gasteiger partial charge in [0.1, 0.15) is 6.17 Å². The lowest BCUT2D eigenvalue weighted by Crippen LogP contribution is -2.40. The van der Waals surface area contributed by atoms with Crippen molar-refractivity contribution in [2.75, 3.05) is 6.54 Å². The van der Waals surface area contributed by atoms with Crippen molar-refractivity contribution < 1.29 is 4.39 Å². The first kappa shape index (κ1) is 9.27. The molecule has 1 nitrogen and oxygen atoms in total. The molecule has 2 unspecified atom stereocenters. The van der Waals surface area contributed by atoms with Crippen LogP contribution in [0.3, 0.4) is 0 Å². The largest absolute Gasteiger partial charge is 0.313 e. The van der Waals surface area contributed by atoms with Gasteiger partial charge in [0.25, 0.3) is 0 Å². The van der Waals surface area contributed by atoms with Gasteiger partial charge in [0.2, 0.25) is 0 Å². The van der Waals surface area contributed by atoms with Crippen LogP contribution in [0.4, 0.5) is 4.39 Å². The Labute approximate surface area is 73.2 Å². The molecule has 11 heavy (non-hydrogen) atoms. The van der Waals surface area contributed by atoms with Crippen molar-refractivity contribution in [3.63, 3.8) is 0 Å². The molecule has 1 saturated carbocycles. The maximum absolute atomic E-state index is 12.8. The molecule has 0 spiro atoms. The zero-order valence-electron chi connectivity index (χ0n) is 6.55. The maximum Gasteiger partial charge on any atom is 0.103 e.